The summed E-state index contributed by atoms with van der Waals surface area (Å²) in [5.41, 5.74) is 2.21. The van der Waals surface area contributed by atoms with Gasteiger partial charge in [-0.25, -0.2) is 4.98 Å². The maximum atomic E-state index is 11.7. The van der Waals surface area contributed by atoms with E-state index in [0.717, 1.165) is 18.5 Å². The zero-order valence-electron chi connectivity index (χ0n) is 13.8. The summed E-state index contributed by atoms with van der Waals surface area (Å²) in [5, 5.41) is 18.7. The predicted molar refractivity (Wildman–Crippen MR) is 92.4 cm³/mol. The zero-order valence-corrected chi connectivity index (χ0v) is 13.8. The standard InChI is InChI=1S/C16H26N6O2/c23-15(20-6-4-13-8-17-11-18-9-13)2-1-3-16(24)21-7-5-14-10-19-12-22-14/h8,10-12,16,21,24H,1-7,9H2,(H,17,18)(H,19,22)(H,20,23). The van der Waals surface area contributed by atoms with E-state index in [1.54, 1.807) is 18.9 Å². The van der Waals surface area contributed by atoms with Crippen LogP contribution in [-0.2, 0) is 11.2 Å². The van der Waals surface area contributed by atoms with Crippen molar-refractivity contribution in [2.24, 2.45) is 4.99 Å². The first-order chi connectivity index (χ1) is 11.7. The van der Waals surface area contributed by atoms with Crippen molar-refractivity contribution in [2.45, 2.75) is 38.3 Å². The van der Waals surface area contributed by atoms with Gasteiger partial charge in [0.1, 0.15) is 6.23 Å². The molecule has 8 heteroatoms. The van der Waals surface area contributed by atoms with Crippen molar-refractivity contribution in [3.8, 4) is 0 Å². The van der Waals surface area contributed by atoms with Crippen molar-refractivity contribution in [3.05, 3.63) is 30.0 Å². The van der Waals surface area contributed by atoms with Gasteiger partial charge in [-0.1, -0.05) is 0 Å². The van der Waals surface area contributed by atoms with Crippen molar-refractivity contribution >= 4 is 12.2 Å². The molecule has 0 aliphatic carbocycles. The number of nitrogens with one attached hydrogen (secondary N) is 4. The highest BCUT2D eigenvalue weighted by Gasteiger charge is 2.07. The van der Waals surface area contributed by atoms with Gasteiger partial charge in [0.15, 0.2) is 0 Å². The van der Waals surface area contributed by atoms with E-state index in [4.69, 9.17) is 0 Å². The number of hydrogen-bond donors (Lipinski definition) is 5. The van der Waals surface area contributed by atoms with Crippen molar-refractivity contribution in [1.82, 2.24) is 25.9 Å². The molecule has 0 saturated carbocycles. The molecule has 0 radical (unpaired) electrons. The van der Waals surface area contributed by atoms with Crippen LogP contribution >= 0.6 is 0 Å². The van der Waals surface area contributed by atoms with Crippen LogP contribution in [0.1, 0.15) is 31.4 Å². The Morgan fingerprint density at radius 2 is 2.29 bits per heavy atom. The average Bonchev–Trinajstić information content (AvgIpc) is 3.09. The molecule has 0 aromatic carbocycles. The lowest BCUT2D eigenvalue weighted by molar-refractivity contribution is -0.121. The molecule has 1 aromatic heterocycles. The summed E-state index contributed by atoms with van der Waals surface area (Å²) in [6.07, 6.45) is 9.62. The number of aliphatic imine (C=N–C) groups is 1. The summed E-state index contributed by atoms with van der Waals surface area (Å²) < 4.78 is 0. The van der Waals surface area contributed by atoms with E-state index in [2.05, 4.69) is 30.9 Å². The summed E-state index contributed by atoms with van der Waals surface area (Å²) >= 11 is 0. The summed E-state index contributed by atoms with van der Waals surface area (Å²) in [5.74, 6) is 0.0209. The molecule has 8 nitrogen and oxygen atoms in total. The highest BCUT2D eigenvalue weighted by Crippen LogP contribution is 2.03. The molecular weight excluding hydrogens is 308 g/mol. The molecule has 0 spiro atoms. The Hall–Kier alpha value is -2.19. The molecule has 1 aliphatic rings. The van der Waals surface area contributed by atoms with Crippen LogP contribution in [0.2, 0.25) is 0 Å². The molecule has 132 valence electrons. The lowest BCUT2D eigenvalue weighted by Gasteiger charge is -2.12. The number of carbonyl (C=O) groups is 1. The van der Waals surface area contributed by atoms with Crippen LogP contribution in [0.5, 0.6) is 0 Å². The number of imidazole rings is 1. The van der Waals surface area contributed by atoms with E-state index in [-0.39, 0.29) is 5.91 Å². The smallest absolute Gasteiger partial charge is 0.220 e. The van der Waals surface area contributed by atoms with Crippen LogP contribution in [0.15, 0.2) is 29.3 Å². The highest BCUT2D eigenvalue weighted by atomic mass is 16.3. The third-order valence-corrected chi connectivity index (χ3v) is 3.73. The Balaban J connectivity index is 1.45. The molecule has 2 heterocycles. The Bertz CT molecular complexity index is 541. The first-order valence-electron chi connectivity index (χ1n) is 8.31. The van der Waals surface area contributed by atoms with E-state index < -0.39 is 6.23 Å². The average molecular weight is 334 g/mol. The number of aliphatic hydroxyl groups excluding tert-OH is 1. The highest BCUT2D eigenvalue weighted by molar-refractivity contribution is 5.75. The minimum Gasteiger partial charge on any atom is -0.379 e. The fourth-order valence-corrected chi connectivity index (χ4v) is 2.37. The molecule has 5 N–H and O–H groups in total. The zero-order chi connectivity index (χ0) is 17.0. The Labute approximate surface area is 141 Å². The third-order valence-electron chi connectivity index (χ3n) is 3.73. The summed E-state index contributed by atoms with van der Waals surface area (Å²) in [7, 11) is 0. The quantitative estimate of drug-likeness (QED) is 0.367. The van der Waals surface area contributed by atoms with E-state index >= 15 is 0 Å². The van der Waals surface area contributed by atoms with Crippen LogP contribution in [0.25, 0.3) is 0 Å². The van der Waals surface area contributed by atoms with E-state index in [1.165, 1.54) is 5.57 Å². The number of carbonyl (C=O) groups excluding carboxylic acids is 1. The normalized spacial score (nSPS) is 14.8. The van der Waals surface area contributed by atoms with Crippen molar-refractivity contribution < 1.29 is 9.90 Å². The minimum atomic E-state index is -0.586. The maximum absolute atomic E-state index is 11.7. The molecule has 1 unspecified atom stereocenters. The molecule has 0 saturated heterocycles. The van der Waals surface area contributed by atoms with Crippen LogP contribution in [0, 0.1) is 0 Å². The fraction of sp³-hybridized carbons (Fsp3) is 0.562. The maximum Gasteiger partial charge on any atom is 0.220 e. The lowest BCUT2D eigenvalue weighted by atomic mass is 10.2. The van der Waals surface area contributed by atoms with Gasteiger partial charge in [0, 0.05) is 44.0 Å². The number of amides is 1. The van der Waals surface area contributed by atoms with Crippen LogP contribution in [0.3, 0.4) is 0 Å². The van der Waals surface area contributed by atoms with Crippen LogP contribution < -0.4 is 16.0 Å². The van der Waals surface area contributed by atoms with Gasteiger partial charge in [-0.2, -0.15) is 0 Å². The first-order valence-corrected chi connectivity index (χ1v) is 8.31. The molecule has 0 bridgehead atoms. The second kappa shape index (κ2) is 10.6. The Morgan fingerprint density at radius 1 is 1.38 bits per heavy atom. The van der Waals surface area contributed by atoms with Crippen molar-refractivity contribution in [2.75, 3.05) is 19.6 Å². The molecule has 0 fully saturated rings. The summed E-state index contributed by atoms with van der Waals surface area (Å²) in [6.45, 7) is 1.98. The van der Waals surface area contributed by atoms with Crippen LogP contribution in [0.4, 0.5) is 0 Å². The van der Waals surface area contributed by atoms with E-state index in [0.29, 0.717) is 38.9 Å². The number of aromatic nitrogens is 2. The molecule has 2 rings (SSSR count). The minimum absolute atomic E-state index is 0.0209. The van der Waals surface area contributed by atoms with Gasteiger partial charge in [-0.3, -0.25) is 15.1 Å². The first kappa shape index (κ1) is 18.2. The second-order valence-corrected chi connectivity index (χ2v) is 5.73. The number of hydrogen-bond acceptors (Lipinski definition) is 6. The number of aliphatic hydroxyl groups is 1. The SMILES string of the molecule is O=C(CCCC(O)NCCc1cnc[nH]1)NCCC1=CNC=NC1. The van der Waals surface area contributed by atoms with E-state index in [9.17, 15) is 9.90 Å². The van der Waals surface area contributed by atoms with Crippen molar-refractivity contribution in [3.63, 3.8) is 0 Å². The van der Waals surface area contributed by atoms with Gasteiger partial charge >= 0.3 is 0 Å². The lowest BCUT2D eigenvalue weighted by Crippen LogP contribution is -2.31. The van der Waals surface area contributed by atoms with Gasteiger partial charge in [0.25, 0.3) is 0 Å². The summed E-state index contributed by atoms with van der Waals surface area (Å²) in [6, 6.07) is 0. The third kappa shape index (κ3) is 7.38. The topological polar surface area (TPSA) is 114 Å². The Kier molecular flexibility index (Phi) is 7.99. The number of aromatic amines is 1. The van der Waals surface area contributed by atoms with Gasteiger partial charge in [-0.05, 0) is 24.8 Å². The molecule has 1 atom stereocenters. The monoisotopic (exact) mass is 334 g/mol. The van der Waals surface area contributed by atoms with Gasteiger partial charge in [-0.15, -0.1) is 0 Å². The second-order valence-electron chi connectivity index (χ2n) is 5.73. The van der Waals surface area contributed by atoms with Gasteiger partial charge in [0.2, 0.25) is 5.91 Å². The van der Waals surface area contributed by atoms with Gasteiger partial charge in [0.05, 0.1) is 19.2 Å². The predicted octanol–water partition coefficient (Wildman–Crippen LogP) is 0.0522. The molecule has 1 amide bonds. The fourth-order valence-electron chi connectivity index (χ4n) is 2.37. The molecular formula is C16H26N6O2. The number of rotatable bonds is 11. The molecule has 1 aromatic rings. The molecule has 1 aliphatic heterocycles. The molecule has 24 heavy (non-hydrogen) atoms. The van der Waals surface area contributed by atoms with Crippen LogP contribution in [-0.4, -0.2) is 53.2 Å². The van der Waals surface area contributed by atoms with Crippen molar-refractivity contribution in [1.29, 1.82) is 0 Å². The summed E-state index contributed by atoms with van der Waals surface area (Å²) in [4.78, 5) is 22.8. The number of H-pyrrole nitrogens is 1. The Morgan fingerprint density at radius 3 is 3.04 bits per heavy atom. The van der Waals surface area contributed by atoms with Gasteiger partial charge < -0.3 is 20.7 Å². The largest absolute Gasteiger partial charge is 0.379 e. The van der Waals surface area contributed by atoms with E-state index in [1.807, 2.05) is 6.20 Å². The number of nitrogens with zero attached hydrogens (tertiary/aromatic N) is 2.